The topological polar surface area (TPSA) is 53.6 Å². The van der Waals surface area contributed by atoms with Crippen LogP contribution in [0.25, 0.3) is 0 Å². The fourth-order valence-electron chi connectivity index (χ4n) is 1.11. The molecule has 0 bridgehead atoms. The Labute approximate surface area is 78.4 Å². The number of rotatable bonds is 2. The number of carbonyl (C=O) groups excluding carboxylic acids is 1. The summed E-state index contributed by atoms with van der Waals surface area (Å²) in [4.78, 5) is 12.6. The first-order chi connectivity index (χ1) is 6.20. The molecular weight excluding hydrogens is 170 g/mol. The molecule has 76 valence electrons. The molecule has 1 aliphatic heterocycles. The number of amides is 2. The Morgan fingerprint density at radius 1 is 1.69 bits per heavy atom. The van der Waals surface area contributed by atoms with E-state index in [1.54, 1.807) is 14.1 Å². The van der Waals surface area contributed by atoms with E-state index in [-0.39, 0.29) is 12.1 Å². The molecule has 1 fully saturated rings. The maximum Gasteiger partial charge on any atom is 0.316 e. The van der Waals surface area contributed by atoms with Crippen molar-refractivity contribution in [3.8, 4) is 0 Å². The van der Waals surface area contributed by atoms with Gasteiger partial charge in [0, 0.05) is 33.7 Å². The van der Waals surface area contributed by atoms with Crippen LogP contribution in [0.15, 0.2) is 0 Å². The molecule has 2 N–H and O–H groups in total. The Balaban J connectivity index is 2.13. The van der Waals surface area contributed by atoms with Gasteiger partial charge >= 0.3 is 6.03 Å². The van der Waals surface area contributed by atoms with E-state index >= 15 is 0 Å². The fraction of sp³-hybridized carbons (Fsp3) is 0.875. The summed E-state index contributed by atoms with van der Waals surface area (Å²) in [6.07, 6.45) is 0.109. The predicted molar refractivity (Wildman–Crippen MR) is 49.7 cm³/mol. The van der Waals surface area contributed by atoms with Gasteiger partial charge in [0.05, 0.1) is 12.7 Å². The molecule has 0 radical (unpaired) electrons. The van der Waals surface area contributed by atoms with Crippen LogP contribution in [0.1, 0.15) is 0 Å². The van der Waals surface area contributed by atoms with E-state index in [4.69, 9.17) is 4.74 Å². The summed E-state index contributed by atoms with van der Waals surface area (Å²) in [5, 5.41) is 5.97. The number of morpholine rings is 1. The molecule has 5 nitrogen and oxygen atoms in total. The number of nitrogens with zero attached hydrogens (tertiary/aromatic N) is 1. The van der Waals surface area contributed by atoms with E-state index in [2.05, 4.69) is 10.6 Å². The van der Waals surface area contributed by atoms with Gasteiger partial charge in [0.15, 0.2) is 0 Å². The summed E-state index contributed by atoms with van der Waals surface area (Å²) in [5.74, 6) is 0. The largest absolute Gasteiger partial charge is 0.374 e. The molecule has 2 amide bonds. The van der Waals surface area contributed by atoms with Gasteiger partial charge in [0.2, 0.25) is 0 Å². The quantitative estimate of drug-likeness (QED) is 0.598. The van der Waals surface area contributed by atoms with Crippen LogP contribution in [-0.2, 0) is 4.74 Å². The van der Waals surface area contributed by atoms with Crippen molar-refractivity contribution in [1.29, 1.82) is 0 Å². The van der Waals surface area contributed by atoms with Crippen molar-refractivity contribution in [2.45, 2.75) is 6.10 Å². The fourth-order valence-corrected chi connectivity index (χ4v) is 1.11. The Morgan fingerprint density at radius 3 is 3.00 bits per heavy atom. The second-order valence-electron chi connectivity index (χ2n) is 3.28. The van der Waals surface area contributed by atoms with Gasteiger partial charge in [-0.25, -0.2) is 4.79 Å². The van der Waals surface area contributed by atoms with Crippen molar-refractivity contribution in [2.24, 2.45) is 0 Å². The summed E-state index contributed by atoms with van der Waals surface area (Å²) >= 11 is 0. The van der Waals surface area contributed by atoms with Gasteiger partial charge in [-0.05, 0) is 0 Å². The van der Waals surface area contributed by atoms with E-state index in [9.17, 15) is 4.79 Å². The minimum atomic E-state index is -0.0748. The molecule has 0 aliphatic carbocycles. The zero-order chi connectivity index (χ0) is 9.68. The molecule has 1 unspecified atom stereocenters. The molecule has 1 heterocycles. The summed E-state index contributed by atoms with van der Waals surface area (Å²) in [6, 6.07) is -0.0748. The van der Waals surface area contributed by atoms with Crippen molar-refractivity contribution >= 4 is 6.03 Å². The number of ether oxygens (including phenoxy) is 1. The molecule has 5 heteroatoms. The Kier molecular flexibility index (Phi) is 3.98. The highest BCUT2D eigenvalue weighted by molar-refractivity contribution is 5.73. The van der Waals surface area contributed by atoms with E-state index < -0.39 is 0 Å². The molecular formula is C8H17N3O2. The third kappa shape index (κ3) is 3.61. The number of hydrogen-bond acceptors (Lipinski definition) is 3. The van der Waals surface area contributed by atoms with Crippen LogP contribution < -0.4 is 10.6 Å². The normalized spacial score (nSPS) is 22.5. The minimum absolute atomic E-state index is 0.0748. The first kappa shape index (κ1) is 10.3. The van der Waals surface area contributed by atoms with Crippen molar-refractivity contribution in [1.82, 2.24) is 15.5 Å². The Bertz CT molecular complexity index is 167. The highest BCUT2D eigenvalue weighted by Gasteiger charge is 2.14. The highest BCUT2D eigenvalue weighted by atomic mass is 16.5. The van der Waals surface area contributed by atoms with Crippen LogP contribution >= 0.6 is 0 Å². The maximum atomic E-state index is 11.1. The van der Waals surface area contributed by atoms with E-state index in [0.717, 1.165) is 19.7 Å². The summed E-state index contributed by atoms with van der Waals surface area (Å²) in [5.41, 5.74) is 0. The van der Waals surface area contributed by atoms with Gasteiger partial charge in [0.1, 0.15) is 0 Å². The van der Waals surface area contributed by atoms with Crippen molar-refractivity contribution < 1.29 is 9.53 Å². The zero-order valence-electron chi connectivity index (χ0n) is 8.17. The average molecular weight is 187 g/mol. The lowest BCUT2D eigenvalue weighted by Gasteiger charge is -2.24. The Hall–Kier alpha value is -0.810. The van der Waals surface area contributed by atoms with Gasteiger partial charge in [0.25, 0.3) is 0 Å². The van der Waals surface area contributed by atoms with E-state index in [0.29, 0.717) is 6.54 Å². The lowest BCUT2D eigenvalue weighted by molar-refractivity contribution is 0.0302. The first-order valence-electron chi connectivity index (χ1n) is 4.47. The molecule has 0 saturated carbocycles. The molecule has 1 atom stereocenters. The van der Waals surface area contributed by atoms with Crippen molar-refractivity contribution in [3.05, 3.63) is 0 Å². The third-order valence-corrected chi connectivity index (χ3v) is 1.89. The minimum Gasteiger partial charge on any atom is -0.374 e. The van der Waals surface area contributed by atoms with E-state index in [1.165, 1.54) is 4.90 Å². The lowest BCUT2D eigenvalue weighted by Crippen LogP contribution is -2.47. The molecule has 1 rings (SSSR count). The third-order valence-electron chi connectivity index (χ3n) is 1.89. The first-order valence-corrected chi connectivity index (χ1v) is 4.47. The van der Waals surface area contributed by atoms with Gasteiger partial charge in [-0.3, -0.25) is 0 Å². The monoisotopic (exact) mass is 187 g/mol. The molecule has 1 saturated heterocycles. The predicted octanol–water partition coefficient (Wildman–Crippen LogP) is -0.754. The number of carbonyl (C=O) groups is 1. The van der Waals surface area contributed by atoms with Crippen LogP contribution in [0.4, 0.5) is 4.79 Å². The Morgan fingerprint density at radius 2 is 2.46 bits per heavy atom. The molecule has 0 spiro atoms. The van der Waals surface area contributed by atoms with Gasteiger partial charge in [-0.1, -0.05) is 0 Å². The van der Waals surface area contributed by atoms with Gasteiger partial charge in [-0.2, -0.15) is 0 Å². The number of hydrogen-bond donors (Lipinski definition) is 2. The van der Waals surface area contributed by atoms with Crippen LogP contribution in [0.5, 0.6) is 0 Å². The number of nitrogens with one attached hydrogen (secondary N) is 2. The van der Waals surface area contributed by atoms with Crippen LogP contribution in [0, 0.1) is 0 Å². The summed E-state index contributed by atoms with van der Waals surface area (Å²) in [6.45, 7) is 3.01. The molecule has 0 aromatic rings. The molecule has 1 aliphatic rings. The highest BCUT2D eigenvalue weighted by Crippen LogP contribution is 1.93. The van der Waals surface area contributed by atoms with Crippen LogP contribution in [0.3, 0.4) is 0 Å². The maximum absolute atomic E-state index is 11.1. The van der Waals surface area contributed by atoms with Crippen molar-refractivity contribution in [2.75, 3.05) is 40.3 Å². The second-order valence-corrected chi connectivity index (χ2v) is 3.28. The SMILES string of the molecule is CN(C)C(=O)NCC1CNCCO1. The molecule has 0 aromatic heterocycles. The second kappa shape index (κ2) is 5.04. The lowest BCUT2D eigenvalue weighted by atomic mass is 10.3. The van der Waals surface area contributed by atoms with Crippen molar-refractivity contribution in [3.63, 3.8) is 0 Å². The standard InChI is InChI=1S/C8H17N3O2/c1-11(2)8(12)10-6-7-5-9-3-4-13-7/h7,9H,3-6H2,1-2H3,(H,10,12). The van der Waals surface area contributed by atoms with Crippen LogP contribution in [-0.4, -0.2) is 57.4 Å². The smallest absolute Gasteiger partial charge is 0.316 e. The summed E-state index contributed by atoms with van der Waals surface area (Å²) < 4.78 is 5.41. The van der Waals surface area contributed by atoms with Gasteiger partial charge in [-0.15, -0.1) is 0 Å². The van der Waals surface area contributed by atoms with Crippen LogP contribution in [0.2, 0.25) is 0 Å². The molecule has 13 heavy (non-hydrogen) atoms. The molecule has 0 aromatic carbocycles. The van der Waals surface area contributed by atoms with E-state index in [1.807, 2.05) is 0 Å². The average Bonchev–Trinajstić information content (AvgIpc) is 2.15. The van der Waals surface area contributed by atoms with Gasteiger partial charge < -0.3 is 20.3 Å². The number of urea groups is 1. The summed E-state index contributed by atoms with van der Waals surface area (Å²) in [7, 11) is 3.44. The zero-order valence-corrected chi connectivity index (χ0v) is 8.17.